The van der Waals surface area contributed by atoms with Crippen LogP contribution >= 0.6 is 0 Å². The lowest BCUT2D eigenvalue weighted by atomic mass is 10.1. The van der Waals surface area contributed by atoms with Crippen molar-refractivity contribution in [3.63, 3.8) is 0 Å². The van der Waals surface area contributed by atoms with Gasteiger partial charge < -0.3 is 14.5 Å². The van der Waals surface area contributed by atoms with Crippen LogP contribution in [0.15, 0.2) is 24.3 Å². The Kier molecular flexibility index (Phi) is 3.34. The van der Waals surface area contributed by atoms with Gasteiger partial charge in [0, 0.05) is 20.0 Å². The summed E-state index contributed by atoms with van der Waals surface area (Å²) in [5.41, 5.74) is 0.741. The number of benzene rings is 1. The fraction of sp³-hybridized carbons (Fsp3) is 0.467. The van der Waals surface area contributed by atoms with Gasteiger partial charge in [0.2, 0.25) is 5.91 Å². The van der Waals surface area contributed by atoms with E-state index in [1.54, 1.807) is 11.0 Å². The molecule has 2 amide bonds. The molecule has 20 heavy (non-hydrogen) atoms. The topological polar surface area (TPSA) is 49.9 Å². The molecule has 1 fully saturated rings. The second-order valence-corrected chi connectivity index (χ2v) is 5.24. The van der Waals surface area contributed by atoms with Crippen molar-refractivity contribution < 1.29 is 14.3 Å². The summed E-state index contributed by atoms with van der Waals surface area (Å²) in [4.78, 5) is 27.7. The van der Waals surface area contributed by atoms with Gasteiger partial charge in [-0.25, -0.2) is 0 Å². The molecule has 1 unspecified atom stereocenters. The molecule has 2 aliphatic heterocycles. The molecule has 5 nitrogen and oxygen atoms in total. The molecule has 2 aliphatic rings. The van der Waals surface area contributed by atoms with Gasteiger partial charge in [0.25, 0.3) is 5.91 Å². The molecule has 1 atom stereocenters. The normalized spacial score (nSPS) is 21.4. The Morgan fingerprint density at radius 2 is 1.90 bits per heavy atom. The SMILES string of the molecule is CC(=O)N1CC(C(=O)N2CCCC2)Oc2ccccc21. The molecular weight excluding hydrogens is 256 g/mol. The molecular formula is C15H18N2O3. The zero-order chi connectivity index (χ0) is 14.1. The number of fused-ring (bicyclic) bond motifs is 1. The number of anilines is 1. The van der Waals surface area contributed by atoms with Gasteiger partial charge in [0.15, 0.2) is 6.10 Å². The molecule has 0 radical (unpaired) electrons. The lowest BCUT2D eigenvalue weighted by molar-refractivity contribution is -0.137. The zero-order valence-corrected chi connectivity index (χ0v) is 11.5. The van der Waals surface area contributed by atoms with E-state index < -0.39 is 6.10 Å². The average Bonchev–Trinajstić information content (AvgIpc) is 2.99. The molecule has 0 aliphatic carbocycles. The number of hydrogen-bond acceptors (Lipinski definition) is 3. The lowest BCUT2D eigenvalue weighted by Gasteiger charge is -2.35. The first-order chi connectivity index (χ1) is 9.66. The predicted octanol–water partition coefficient (Wildman–Crippen LogP) is 1.42. The fourth-order valence-corrected chi connectivity index (χ4v) is 2.80. The van der Waals surface area contributed by atoms with Gasteiger partial charge in [-0.15, -0.1) is 0 Å². The van der Waals surface area contributed by atoms with Gasteiger partial charge in [0.1, 0.15) is 5.75 Å². The largest absolute Gasteiger partial charge is 0.476 e. The van der Waals surface area contributed by atoms with Crippen LogP contribution < -0.4 is 9.64 Å². The van der Waals surface area contributed by atoms with Crippen LogP contribution in [-0.2, 0) is 9.59 Å². The van der Waals surface area contributed by atoms with Crippen molar-refractivity contribution in [3.8, 4) is 5.75 Å². The second kappa shape index (κ2) is 5.15. The summed E-state index contributed by atoms with van der Waals surface area (Å²) in [6, 6.07) is 7.35. The molecule has 1 saturated heterocycles. The third-order valence-electron chi connectivity index (χ3n) is 3.85. The first-order valence-corrected chi connectivity index (χ1v) is 6.99. The molecule has 2 heterocycles. The van der Waals surface area contributed by atoms with E-state index in [0.29, 0.717) is 12.3 Å². The maximum atomic E-state index is 12.4. The highest BCUT2D eigenvalue weighted by Gasteiger charge is 2.35. The number of rotatable bonds is 1. The van der Waals surface area contributed by atoms with Crippen molar-refractivity contribution in [3.05, 3.63) is 24.3 Å². The number of hydrogen-bond donors (Lipinski definition) is 0. The summed E-state index contributed by atoms with van der Waals surface area (Å²) in [7, 11) is 0. The average molecular weight is 274 g/mol. The maximum Gasteiger partial charge on any atom is 0.265 e. The molecule has 0 bridgehead atoms. The van der Waals surface area contributed by atoms with Gasteiger partial charge in [-0.05, 0) is 25.0 Å². The van der Waals surface area contributed by atoms with Crippen LogP contribution in [0.3, 0.4) is 0 Å². The number of para-hydroxylation sites is 2. The molecule has 1 aromatic carbocycles. The van der Waals surface area contributed by atoms with E-state index in [1.165, 1.54) is 6.92 Å². The molecule has 5 heteroatoms. The molecule has 0 saturated carbocycles. The maximum absolute atomic E-state index is 12.4. The van der Waals surface area contributed by atoms with Gasteiger partial charge in [0.05, 0.1) is 12.2 Å². The zero-order valence-electron chi connectivity index (χ0n) is 11.5. The summed E-state index contributed by atoms with van der Waals surface area (Å²) >= 11 is 0. The summed E-state index contributed by atoms with van der Waals surface area (Å²) < 4.78 is 5.80. The standard InChI is InChI=1S/C15H18N2O3/c1-11(18)17-10-14(15(19)16-8-4-5-9-16)20-13-7-3-2-6-12(13)17/h2-3,6-7,14H,4-5,8-10H2,1H3. The number of nitrogens with zero attached hydrogens (tertiary/aromatic N) is 2. The number of carbonyl (C=O) groups is 2. The van der Waals surface area contributed by atoms with Crippen LogP contribution in [0.1, 0.15) is 19.8 Å². The van der Waals surface area contributed by atoms with Crippen molar-refractivity contribution in [2.45, 2.75) is 25.9 Å². The van der Waals surface area contributed by atoms with Gasteiger partial charge in [-0.1, -0.05) is 12.1 Å². The van der Waals surface area contributed by atoms with Crippen molar-refractivity contribution in [2.24, 2.45) is 0 Å². The van der Waals surface area contributed by atoms with Crippen molar-refractivity contribution >= 4 is 17.5 Å². The fourth-order valence-electron chi connectivity index (χ4n) is 2.80. The van der Waals surface area contributed by atoms with E-state index in [1.807, 2.05) is 23.1 Å². The minimum Gasteiger partial charge on any atom is -0.476 e. The summed E-state index contributed by atoms with van der Waals surface area (Å²) in [5, 5.41) is 0. The smallest absolute Gasteiger partial charge is 0.265 e. The molecule has 0 spiro atoms. The molecule has 1 aromatic rings. The van der Waals surface area contributed by atoms with E-state index in [0.717, 1.165) is 31.6 Å². The molecule has 106 valence electrons. The van der Waals surface area contributed by atoms with E-state index in [2.05, 4.69) is 0 Å². The van der Waals surface area contributed by atoms with Crippen LogP contribution in [0.25, 0.3) is 0 Å². The van der Waals surface area contributed by atoms with Crippen LogP contribution in [-0.4, -0.2) is 42.5 Å². The Bertz CT molecular complexity index is 538. The quantitative estimate of drug-likeness (QED) is 0.778. The van der Waals surface area contributed by atoms with E-state index in [4.69, 9.17) is 4.74 Å². The van der Waals surface area contributed by atoms with Crippen LogP contribution in [0.4, 0.5) is 5.69 Å². The highest BCUT2D eigenvalue weighted by Crippen LogP contribution is 2.33. The Labute approximate surface area is 118 Å². The monoisotopic (exact) mass is 274 g/mol. The Morgan fingerprint density at radius 1 is 1.20 bits per heavy atom. The minimum atomic E-state index is -0.591. The second-order valence-electron chi connectivity index (χ2n) is 5.24. The summed E-state index contributed by atoms with van der Waals surface area (Å²) in [5.74, 6) is 0.523. The van der Waals surface area contributed by atoms with Crippen LogP contribution in [0, 0.1) is 0 Å². The number of likely N-dealkylation sites (tertiary alicyclic amines) is 1. The van der Waals surface area contributed by atoms with E-state index in [9.17, 15) is 9.59 Å². The van der Waals surface area contributed by atoms with Crippen molar-refractivity contribution in [1.29, 1.82) is 0 Å². The Hall–Kier alpha value is -2.04. The van der Waals surface area contributed by atoms with Crippen LogP contribution in [0.2, 0.25) is 0 Å². The van der Waals surface area contributed by atoms with Gasteiger partial charge >= 0.3 is 0 Å². The molecule has 3 rings (SSSR count). The predicted molar refractivity (Wildman–Crippen MR) is 74.7 cm³/mol. The van der Waals surface area contributed by atoms with E-state index >= 15 is 0 Å². The third-order valence-corrected chi connectivity index (χ3v) is 3.85. The first-order valence-electron chi connectivity index (χ1n) is 6.99. The lowest BCUT2D eigenvalue weighted by Crippen LogP contribution is -2.50. The van der Waals surface area contributed by atoms with Gasteiger partial charge in [-0.2, -0.15) is 0 Å². The third kappa shape index (κ3) is 2.24. The number of ether oxygens (including phenoxy) is 1. The van der Waals surface area contributed by atoms with E-state index in [-0.39, 0.29) is 11.8 Å². The highest BCUT2D eigenvalue weighted by molar-refractivity contribution is 5.95. The van der Waals surface area contributed by atoms with Crippen molar-refractivity contribution in [1.82, 2.24) is 4.90 Å². The van der Waals surface area contributed by atoms with Gasteiger partial charge in [-0.3, -0.25) is 9.59 Å². The Morgan fingerprint density at radius 3 is 2.60 bits per heavy atom. The molecule has 0 N–H and O–H groups in total. The first kappa shape index (κ1) is 13.0. The number of carbonyl (C=O) groups excluding carboxylic acids is 2. The summed E-state index contributed by atoms with van der Waals surface area (Å²) in [6.45, 7) is 3.39. The summed E-state index contributed by atoms with van der Waals surface area (Å²) in [6.07, 6.45) is 1.50. The highest BCUT2D eigenvalue weighted by atomic mass is 16.5. The number of amides is 2. The Balaban J connectivity index is 1.86. The minimum absolute atomic E-state index is 0.0109. The van der Waals surface area contributed by atoms with Crippen LogP contribution in [0.5, 0.6) is 5.75 Å². The molecule has 0 aromatic heterocycles. The van der Waals surface area contributed by atoms with Crippen molar-refractivity contribution in [2.75, 3.05) is 24.5 Å².